The van der Waals surface area contributed by atoms with E-state index in [-0.39, 0.29) is 0 Å². The molecule has 0 saturated carbocycles. The van der Waals surface area contributed by atoms with Gasteiger partial charge in [-0.25, -0.2) is 0 Å². The summed E-state index contributed by atoms with van der Waals surface area (Å²) in [6, 6.07) is 0. The SMILES string of the molecule is COCCOCCOCCN1CCOCCOCCOCCOCCOCC1. The monoisotopic (exact) mass is 409 g/mol. The minimum atomic E-state index is 0.574. The van der Waals surface area contributed by atoms with E-state index in [1.54, 1.807) is 7.11 Å². The molecule has 0 N–H and O–H groups in total. The van der Waals surface area contributed by atoms with Crippen molar-refractivity contribution < 1.29 is 37.9 Å². The van der Waals surface area contributed by atoms with Gasteiger partial charge >= 0.3 is 0 Å². The van der Waals surface area contributed by atoms with Crippen LogP contribution in [0.3, 0.4) is 0 Å². The van der Waals surface area contributed by atoms with Crippen molar-refractivity contribution in [1.82, 2.24) is 4.90 Å². The van der Waals surface area contributed by atoms with Gasteiger partial charge in [0.2, 0.25) is 0 Å². The third kappa shape index (κ3) is 17.7. The second kappa shape index (κ2) is 21.4. The van der Waals surface area contributed by atoms with Gasteiger partial charge in [-0.05, 0) is 0 Å². The Labute approximate surface area is 169 Å². The van der Waals surface area contributed by atoms with Crippen molar-refractivity contribution >= 4 is 0 Å². The third-order valence-electron chi connectivity index (χ3n) is 3.95. The van der Waals surface area contributed by atoms with Crippen LogP contribution in [-0.4, -0.2) is 131 Å². The smallest absolute Gasteiger partial charge is 0.0701 e. The molecule has 0 radical (unpaired) electrons. The maximum Gasteiger partial charge on any atom is 0.0701 e. The maximum absolute atomic E-state index is 5.65. The molecule has 1 aliphatic rings. The van der Waals surface area contributed by atoms with Gasteiger partial charge in [0.25, 0.3) is 0 Å². The van der Waals surface area contributed by atoms with Crippen LogP contribution in [-0.2, 0) is 37.9 Å². The highest BCUT2D eigenvalue weighted by Crippen LogP contribution is 1.93. The molecule has 0 bridgehead atoms. The maximum atomic E-state index is 5.65. The molecule has 1 aliphatic heterocycles. The Hall–Kier alpha value is -0.360. The average Bonchev–Trinajstić information content (AvgIpc) is 2.71. The van der Waals surface area contributed by atoms with E-state index in [2.05, 4.69) is 4.90 Å². The average molecular weight is 410 g/mol. The summed E-state index contributed by atoms with van der Waals surface area (Å²) in [5.74, 6) is 0. The molecule has 0 atom stereocenters. The number of hydrogen-bond acceptors (Lipinski definition) is 9. The summed E-state index contributed by atoms with van der Waals surface area (Å²) < 4.78 is 43.6. The van der Waals surface area contributed by atoms with Crippen molar-refractivity contribution in [3.8, 4) is 0 Å². The standard InChI is InChI=1S/C19H39NO8/c1-21-8-9-25-13-10-22-5-2-20-3-6-23-11-14-26-16-18-28-19-17-27-15-12-24-7-4-20/h2-19H2,1H3. The number of ether oxygens (including phenoxy) is 8. The van der Waals surface area contributed by atoms with E-state index in [9.17, 15) is 0 Å². The van der Waals surface area contributed by atoms with Crippen molar-refractivity contribution in [3.05, 3.63) is 0 Å². The largest absolute Gasteiger partial charge is 0.382 e. The molecule has 0 amide bonds. The van der Waals surface area contributed by atoms with Gasteiger partial charge in [-0.15, -0.1) is 0 Å². The quantitative estimate of drug-likeness (QED) is 0.492. The molecule has 0 aromatic rings. The van der Waals surface area contributed by atoms with Gasteiger partial charge in [-0.2, -0.15) is 0 Å². The highest BCUT2D eigenvalue weighted by atomic mass is 16.6. The highest BCUT2D eigenvalue weighted by molar-refractivity contribution is 4.57. The zero-order valence-electron chi connectivity index (χ0n) is 17.4. The van der Waals surface area contributed by atoms with Gasteiger partial charge in [-0.3, -0.25) is 4.90 Å². The highest BCUT2D eigenvalue weighted by Gasteiger charge is 2.06. The number of hydrogen-bond donors (Lipinski definition) is 0. The van der Waals surface area contributed by atoms with Crippen LogP contribution in [0, 0.1) is 0 Å². The molecule has 168 valence electrons. The summed E-state index contributed by atoms with van der Waals surface area (Å²) in [7, 11) is 1.66. The molecule has 0 spiro atoms. The van der Waals surface area contributed by atoms with Gasteiger partial charge < -0.3 is 37.9 Å². The number of methoxy groups -OCH3 is 1. The summed E-state index contributed by atoms with van der Waals surface area (Å²) in [6.07, 6.45) is 0. The van der Waals surface area contributed by atoms with E-state index >= 15 is 0 Å². The van der Waals surface area contributed by atoms with E-state index in [1.165, 1.54) is 0 Å². The van der Waals surface area contributed by atoms with Crippen LogP contribution in [0.15, 0.2) is 0 Å². The van der Waals surface area contributed by atoms with E-state index in [4.69, 9.17) is 37.9 Å². The van der Waals surface area contributed by atoms with Crippen molar-refractivity contribution in [1.29, 1.82) is 0 Å². The lowest BCUT2D eigenvalue weighted by Crippen LogP contribution is -2.34. The van der Waals surface area contributed by atoms with Gasteiger partial charge in [-0.1, -0.05) is 0 Å². The van der Waals surface area contributed by atoms with Gasteiger partial charge in [0.15, 0.2) is 0 Å². The molecule has 1 heterocycles. The predicted octanol–water partition coefficient (Wildman–Crippen LogP) is 0.0646. The van der Waals surface area contributed by atoms with E-state index < -0.39 is 0 Å². The second-order valence-electron chi connectivity index (χ2n) is 6.12. The second-order valence-corrected chi connectivity index (χ2v) is 6.12. The summed E-state index contributed by atoms with van der Waals surface area (Å²) in [4.78, 5) is 2.28. The number of rotatable bonds is 9. The molecule has 1 saturated heterocycles. The summed E-state index contributed by atoms with van der Waals surface area (Å²) in [6.45, 7) is 11.5. The van der Waals surface area contributed by atoms with Crippen LogP contribution < -0.4 is 0 Å². The van der Waals surface area contributed by atoms with Crippen LogP contribution in [0.4, 0.5) is 0 Å². The molecule has 9 nitrogen and oxygen atoms in total. The lowest BCUT2D eigenvalue weighted by Gasteiger charge is -2.22. The van der Waals surface area contributed by atoms with Crippen molar-refractivity contribution in [2.24, 2.45) is 0 Å². The Kier molecular flexibility index (Phi) is 19.6. The molecular weight excluding hydrogens is 370 g/mol. The zero-order valence-corrected chi connectivity index (χ0v) is 17.4. The predicted molar refractivity (Wildman–Crippen MR) is 104 cm³/mol. The minimum absolute atomic E-state index is 0.574. The third-order valence-corrected chi connectivity index (χ3v) is 3.95. The topological polar surface area (TPSA) is 77.1 Å². The first kappa shape index (κ1) is 25.7. The molecule has 28 heavy (non-hydrogen) atoms. The molecular formula is C19H39NO8. The summed E-state index contributed by atoms with van der Waals surface area (Å²) >= 11 is 0. The van der Waals surface area contributed by atoms with E-state index in [0.29, 0.717) is 99.1 Å². The van der Waals surface area contributed by atoms with Gasteiger partial charge in [0, 0.05) is 26.7 Å². The van der Waals surface area contributed by atoms with Crippen LogP contribution in [0.2, 0.25) is 0 Å². The van der Waals surface area contributed by atoms with Gasteiger partial charge in [0.1, 0.15) is 0 Å². The first-order valence-corrected chi connectivity index (χ1v) is 10.2. The normalized spacial score (nSPS) is 20.5. The fourth-order valence-electron chi connectivity index (χ4n) is 2.36. The molecule has 0 unspecified atom stereocenters. The number of nitrogens with zero attached hydrogens (tertiary/aromatic N) is 1. The van der Waals surface area contributed by atoms with E-state index in [0.717, 1.165) is 19.6 Å². The first-order chi connectivity index (χ1) is 13.9. The molecule has 0 aromatic carbocycles. The molecule has 0 aromatic heterocycles. The Bertz CT molecular complexity index is 294. The van der Waals surface area contributed by atoms with Crippen LogP contribution in [0.5, 0.6) is 0 Å². The minimum Gasteiger partial charge on any atom is -0.382 e. The fraction of sp³-hybridized carbons (Fsp3) is 1.00. The molecule has 9 heteroatoms. The van der Waals surface area contributed by atoms with Crippen LogP contribution in [0.25, 0.3) is 0 Å². The van der Waals surface area contributed by atoms with Crippen molar-refractivity contribution in [3.63, 3.8) is 0 Å². The Morgan fingerprint density at radius 2 is 0.929 bits per heavy atom. The van der Waals surface area contributed by atoms with Crippen LogP contribution in [0.1, 0.15) is 0 Å². The fourth-order valence-corrected chi connectivity index (χ4v) is 2.36. The van der Waals surface area contributed by atoms with E-state index in [1.807, 2.05) is 0 Å². The lowest BCUT2D eigenvalue weighted by molar-refractivity contribution is -0.0211. The Morgan fingerprint density at radius 3 is 1.39 bits per heavy atom. The Morgan fingerprint density at radius 1 is 0.536 bits per heavy atom. The van der Waals surface area contributed by atoms with Crippen molar-refractivity contribution in [2.75, 3.05) is 126 Å². The molecule has 1 rings (SSSR count). The first-order valence-electron chi connectivity index (χ1n) is 10.2. The Balaban J connectivity index is 2.15. The summed E-state index contributed by atoms with van der Waals surface area (Å²) in [5.41, 5.74) is 0. The lowest BCUT2D eigenvalue weighted by atomic mass is 10.4. The molecule has 0 aliphatic carbocycles. The zero-order chi connectivity index (χ0) is 20.0. The van der Waals surface area contributed by atoms with Crippen LogP contribution >= 0.6 is 0 Å². The van der Waals surface area contributed by atoms with Crippen molar-refractivity contribution in [2.45, 2.75) is 0 Å². The summed E-state index contributed by atoms with van der Waals surface area (Å²) in [5, 5.41) is 0. The van der Waals surface area contributed by atoms with Gasteiger partial charge in [0.05, 0.1) is 99.1 Å². The molecule has 1 fully saturated rings.